The second-order valence-corrected chi connectivity index (χ2v) is 13.7. The van der Waals surface area contributed by atoms with Gasteiger partial charge < -0.3 is 15.3 Å². The molecule has 0 spiro atoms. The van der Waals surface area contributed by atoms with Gasteiger partial charge >= 0.3 is 6.03 Å². The second kappa shape index (κ2) is 12.5. The lowest BCUT2D eigenvalue weighted by Gasteiger charge is -2.39. The van der Waals surface area contributed by atoms with Gasteiger partial charge in [-0.1, -0.05) is 62.7 Å². The Hall–Kier alpha value is -4.43. The second-order valence-electron chi connectivity index (χ2n) is 13.7. The van der Waals surface area contributed by atoms with E-state index >= 15 is 0 Å². The Bertz CT molecular complexity index is 1660. The summed E-state index contributed by atoms with van der Waals surface area (Å²) in [6.45, 7) is 8.34. The number of amides is 3. The van der Waals surface area contributed by atoms with Crippen LogP contribution in [0.4, 0.5) is 16.3 Å². The minimum absolute atomic E-state index is 0.0233. The third-order valence-corrected chi connectivity index (χ3v) is 9.16. The number of rotatable bonds is 7. The Morgan fingerprint density at radius 1 is 0.889 bits per heavy atom. The van der Waals surface area contributed by atoms with Crippen LogP contribution in [0.2, 0.25) is 0 Å². The first-order chi connectivity index (χ1) is 21.6. The molecule has 6 rings (SSSR count). The zero-order chi connectivity index (χ0) is 31.7. The summed E-state index contributed by atoms with van der Waals surface area (Å²) in [7, 11) is 0. The number of carbonyl (C=O) groups is 2. The molecule has 3 amide bonds. The fourth-order valence-corrected chi connectivity index (χ4v) is 6.80. The Labute approximate surface area is 265 Å². The van der Waals surface area contributed by atoms with Crippen molar-refractivity contribution in [3.63, 3.8) is 0 Å². The summed E-state index contributed by atoms with van der Waals surface area (Å²) >= 11 is 0. The number of hydrogen-bond donors (Lipinski definition) is 3. The van der Waals surface area contributed by atoms with Crippen LogP contribution >= 0.6 is 0 Å². The largest absolute Gasteiger partial charge is 0.392 e. The number of urea groups is 1. The number of benzene rings is 3. The third-order valence-electron chi connectivity index (χ3n) is 9.16. The van der Waals surface area contributed by atoms with Crippen LogP contribution in [0.5, 0.6) is 0 Å². The number of carbonyl (C=O) groups excluding carboxylic acids is 2. The van der Waals surface area contributed by atoms with Crippen molar-refractivity contribution in [2.45, 2.75) is 83.9 Å². The van der Waals surface area contributed by atoms with E-state index < -0.39 is 0 Å². The monoisotopic (exact) mass is 605 g/mol. The Morgan fingerprint density at radius 3 is 2.22 bits per heavy atom. The van der Waals surface area contributed by atoms with E-state index in [0.29, 0.717) is 17.3 Å². The van der Waals surface area contributed by atoms with E-state index in [1.165, 1.54) is 5.56 Å². The third kappa shape index (κ3) is 6.81. The molecule has 234 valence electrons. The maximum Gasteiger partial charge on any atom is 0.324 e. The van der Waals surface area contributed by atoms with Gasteiger partial charge in [0.2, 0.25) is 0 Å². The zero-order valence-electron chi connectivity index (χ0n) is 26.6. The summed E-state index contributed by atoms with van der Waals surface area (Å²) in [5, 5.41) is 20.2. The molecule has 0 aliphatic carbocycles. The lowest BCUT2D eigenvalue weighted by molar-refractivity contribution is 0.0524. The normalized spacial score (nSPS) is 19.4. The van der Waals surface area contributed by atoms with Crippen molar-refractivity contribution < 1.29 is 14.7 Å². The first kappa shape index (κ1) is 30.6. The highest BCUT2D eigenvalue weighted by molar-refractivity contribution is 5.99. The van der Waals surface area contributed by atoms with E-state index in [1.807, 2.05) is 73.7 Å². The van der Waals surface area contributed by atoms with Gasteiger partial charge in [0.25, 0.3) is 5.91 Å². The molecule has 2 unspecified atom stereocenters. The van der Waals surface area contributed by atoms with Gasteiger partial charge in [0.1, 0.15) is 5.82 Å². The lowest BCUT2D eigenvalue weighted by atomic mass is 9.85. The molecule has 2 bridgehead atoms. The molecule has 3 heterocycles. The standard InChI is InChI=1S/C37H43N5O3/c1-24-8-14-30(15-9-24)42-34(22-33(40-42)37(2,3)4)39-36(45)38-29-7-5-6-26(19-29)18-27-20-31-16-17-32(21-27)41(31)35(44)28-12-10-25(23-43)11-13-28/h5-15,19,22,27,31-32,43H,16-18,20-21,23H2,1-4H3,(H2,38,39,45). The van der Waals surface area contributed by atoms with Crippen LogP contribution in [0.25, 0.3) is 5.69 Å². The SMILES string of the molecule is Cc1ccc(-n2nc(C(C)(C)C)cc2NC(=O)Nc2cccc(CC3CC4CCC(C3)N4C(=O)c3ccc(CO)cc3)c2)cc1. The summed E-state index contributed by atoms with van der Waals surface area (Å²) in [5.74, 6) is 1.19. The van der Waals surface area contributed by atoms with Gasteiger partial charge in [-0.25, -0.2) is 9.48 Å². The summed E-state index contributed by atoms with van der Waals surface area (Å²) in [6.07, 6.45) is 4.95. The smallest absolute Gasteiger partial charge is 0.324 e. The molecular formula is C37H43N5O3. The molecule has 4 aromatic rings. The van der Waals surface area contributed by atoms with Crippen molar-refractivity contribution in [2.24, 2.45) is 5.92 Å². The number of nitrogens with one attached hydrogen (secondary N) is 2. The summed E-state index contributed by atoms with van der Waals surface area (Å²) in [6, 6.07) is 25.6. The maximum absolute atomic E-state index is 13.4. The number of fused-ring (bicyclic) bond motifs is 2. The fraction of sp³-hybridized carbons (Fsp3) is 0.378. The van der Waals surface area contributed by atoms with Crippen molar-refractivity contribution in [3.8, 4) is 5.69 Å². The molecule has 8 nitrogen and oxygen atoms in total. The van der Waals surface area contributed by atoms with Crippen LogP contribution in [0.3, 0.4) is 0 Å². The van der Waals surface area contributed by atoms with Crippen LogP contribution in [-0.2, 0) is 18.4 Å². The van der Waals surface area contributed by atoms with E-state index in [-0.39, 0.29) is 36.0 Å². The topological polar surface area (TPSA) is 99.5 Å². The molecule has 2 aliphatic rings. The molecule has 45 heavy (non-hydrogen) atoms. The van der Waals surface area contributed by atoms with Crippen LogP contribution in [0, 0.1) is 12.8 Å². The molecule has 2 saturated heterocycles. The van der Waals surface area contributed by atoms with Gasteiger partial charge in [-0.3, -0.25) is 10.1 Å². The molecular weight excluding hydrogens is 562 g/mol. The summed E-state index contributed by atoms with van der Waals surface area (Å²) in [5.41, 5.74) is 6.18. The molecule has 3 N–H and O–H groups in total. The summed E-state index contributed by atoms with van der Waals surface area (Å²) < 4.78 is 1.78. The number of aryl methyl sites for hydroxylation is 1. The van der Waals surface area contributed by atoms with E-state index in [2.05, 4.69) is 48.4 Å². The predicted molar refractivity (Wildman–Crippen MR) is 178 cm³/mol. The van der Waals surface area contributed by atoms with Crippen LogP contribution < -0.4 is 10.6 Å². The van der Waals surface area contributed by atoms with Crippen molar-refractivity contribution >= 4 is 23.4 Å². The van der Waals surface area contributed by atoms with Crippen molar-refractivity contribution in [1.82, 2.24) is 14.7 Å². The molecule has 2 fully saturated rings. The van der Waals surface area contributed by atoms with Crippen molar-refractivity contribution in [2.75, 3.05) is 10.6 Å². The Balaban J connectivity index is 1.10. The van der Waals surface area contributed by atoms with Crippen LogP contribution in [0.1, 0.15) is 79.2 Å². The van der Waals surface area contributed by atoms with E-state index in [0.717, 1.165) is 60.3 Å². The van der Waals surface area contributed by atoms with Gasteiger partial charge in [-0.2, -0.15) is 5.10 Å². The summed E-state index contributed by atoms with van der Waals surface area (Å²) in [4.78, 5) is 28.7. The van der Waals surface area contributed by atoms with Gasteiger partial charge in [-0.15, -0.1) is 0 Å². The number of aliphatic hydroxyl groups is 1. The van der Waals surface area contributed by atoms with Gasteiger partial charge in [-0.05, 0) is 92.5 Å². The van der Waals surface area contributed by atoms with E-state index in [4.69, 9.17) is 5.10 Å². The molecule has 1 aromatic heterocycles. The predicted octanol–water partition coefficient (Wildman–Crippen LogP) is 7.24. The highest BCUT2D eigenvalue weighted by Crippen LogP contribution is 2.41. The minimum Gasteiger partial charge on any atom is -0.392 e. The van der Waals surface area contributed by atoms with Gasteiger partial charge in [0.15, 0.2) is 0 Å². The number of piperidine rings is 1. The first-order valence-electron chi connectivity index (χ1n) is 15.9. The number of anilines is 2. The van der Waals surface area contributed by atoms with Gasteiger partial charge in [0, 0.05) is 34.8 Å². The number of aliphatic hydroxyl groups excluding tert-OH is 1. The molecule has 2 atom stereocenters. The minimum atomic E-state index is -0.322. The molecule has 0 radical (unpaired) electrons. The average molecular weight is 606 g/mol. The first-order valence-corrected chi connectivity index (χ1v) is 15.9. The Kier molecular flexibility index (Phi) is 8.51. The number of nitrogens with zero attached hydrogens (tertiary/aromatic N) is 3. The maximum atomic E-state index is 13.4. The zero-order valence-corrected chi connectivity index (χ0v) is 26.6. The van der Waals surface area contributed by atoms with Gasteiger partial charge in [0.05, 0.1) is 18.0 Å². The van der Waals surface area contributed by atoms with E-state index in [9.17, 15) is 14.7 Å². The highest BCUT2D eigenvalue weighted by atomic mass is 16.3. The molecule has 3 aromatic carbocycles. The Morgan fingerprint density at radius 2 is 1.58 bits per heavy atom. The average Bonchev–Trinajstić information content (AvgIpc) is 3.55. The lowest BCUT2D eigenvalue weighted by Crippen LogP contribution is -2.46. The molecule has 0 saturated carbocycles. The van der Waals surface area contributed by atoms with E-state index in [1.54, 1.807) is 4.68 Å². The molecule has 2 aliphatic heterocycles. The number of aromatic nitrogens is 2. The van der Waals surface area contributed by atoms with Crippen molar-refractivity contribution in [1.29, 1.82) is 0 Å². The van der Waals surface area contributed by atoms with Crippen molar-refractivity contribution in [3.05, 3.63) is 107 Å². The van der Waals surface area contributed by atoms with Crippen LogP contribution in [0.15, 0.2) is 78.9 Å². The fourth-order valence-electron chi connectivity index (χ4n) is 6.80. The number of hydrogen-bond acceptors (Lipinski definition) is 4. The highest BCUT2D eigenvalue weighted by Gasteiger charge is 2.43. The molecule has 8 heteroatoms. The quantitative estimate of drug-likeness (QED) is 0.207. The van der Waals surface area contributed by atoms with Crippen LogP contribution in [-0.4, -0.2) is 43.8 Å².